The highest BCUT2D eigenvalue weighted by atomic mass is 32.1. The van der Waals surface area contributed by atoms with E-state index in [-0.39, 0.29) is 0 Å². The molecule has 2 aliphatic rings. The van der Waals surface area contributed by atoms with E-state index in [0.717, 1.165) is 5.75 Å². The lowest BCUT2D eigenvalue weighted by molar-refractivity contribution is 0.201. The molecule has 0 radical (unpaired) electrons. The summed E-state index contributed by atoms with van der Waals surface area (Å²) < 4.78 is 0. The minimum Gasteiger partial charge on any atom is -0.179 e. The Morgan fingerprint density at radius 1 is 1.18 bits per heavy atom. The van der Waals surface area contributed by atoms with Crippen molar-refractivity contribution in [1.29, 1.82) is 0 Å². The fourth-order valence-corrected chi connectivity index (χ4v) is 4.30. The normalized spacial score (nSPS) is 39.4. The minimum absolute atomic E-state index is 0.342. The summed E-state index contributed by atoms with van der Waals surface area (Å²) in [7, 11) is 0. The van der Waals surface area contributed by atoms with Crippen LogP contribution in [0.1, 0.15) is 51.9 Å². The van der Waals surface area contributed by atoms with Crippen LogP contribution in [-0.4, -0.2) is 5.75 Å². The van der Waals surface area contributed by atoms with E-state index in [2.05, 4.69) is 32.7 Å². The van der Waals surface area contributed by atoms with Gasteiger partial charge in [0.15, 0.2) is 0 Å². The Labute approximate surface area is 112 Å². The lowest BCUT2D eigenvalue weighted by Crippen LogP contribution is -2.33. The predicted octanol–water partition coefficient (Wildman–Crippen LogP) is 5.03. The summed E-state index contributed by atoms with van der Waals surface area (Å²) in [5.41, 5.74) is 3.30. The fraction of sp³-hybridized carbons (Fsp3) is 0.750. The molecule has 0 bridgehead atoms. The Bertz CT molecular complexity index is 317. The van der Waals surface area contributed by atoms with Crippen molar-refractivity contribution >= 4 is 12.6 Å². The molecule has 0 nitrogen and oxygen atoms in total. The van der Waals surface area contributed by atoms with Gasteiger partial charge in [-0.25, -0.2) is 0 Å². The van der Waals surface area contributed by atoms with E-state index in [1.165, 1.54) is 56.1 Å². The van der Waals surface area contributed by atoms with E-state index in [4.69, 9.17) is 0 Å². The van der Waals surface area contributed by atoms with Crippen LogP contribution in [0.3, 0.4) is 0 Å². The monoisotopic (exact) mass is 250 g/mol. The Morgan fingerprint density at radius 3 is 2.65 bits per heavy atom. The summed E-state index contributed by atoms with van der Waals surface area (Å²) in [6, 6.07) is 0. The molecule has 0 amide bonds. The van der Waals surface area contributed by atoms with Crippen LogP contribution < -0.4 is 0 Å². The van der Waals surface area contributed by atoms with Gasteiger partial charge in [-0.2, -0.15) is 12.6 Å². The molecular weight excluding hydrogens is 224 g/mol. The summed E-state index contributed by atoms with van der Waals surface area (Å²) in [5, 5.41) is 0. The van der Waals surface area contributed by atoms with Crippen LogP contribution in [0.5, 0.6) is 0 Å². The summed E-state index contributed by atoms with van der Waals surface area (Å²) in [6.45, 7) is 11.1. The second kappa shape index (κ2) is 5.22. The van der Waals surface area contributed by atoms with E-state index >= 15 is 0 Å². The molecule has 0 aromatic heterocycles. The van der Waals surface area contributed by atoms with Crippen molar-refractivity contribution in [2.24, 2.45) is 17.3 Å². The van der Waals surface area contributed by atoms with Gasteiger partial charge in [0.1, 0.15) is 0 Å². The third-order valence-corrected chi connectivity index (χ3v) is 5.72. The van der Waals surface area contributed by atoms with E-state index in [0.29, 0.717) is 17.3 Å². The van der Waals surface area contributed by atoms with Gasteiger partial charge in [0.25, 0.3) is 0 Å². The zero-order chi connectivity index (χ0) is 12.5. The van der Waals surface area contributed by atoms with Crippen molar-refractivity contribution in [2.75, 3.05) is 5.75 Å². The zero-order valence-electron chi connectivity index (χ0n) is 11.2. The summed E-state index contributed by atoms with van der Waals surface area (Å²) in [6.07, 6.45) is 9.07. The number of allylic oxidation sites excluding steroid dienone is 2. The van der Waals surface area contributed by atoms with Gasteiger partial charge >= 0.3 is 0 Å². The molecule has 2 rings (SSSR count). The Morgan fingerprint density at radius 2 is 1.94 bits per heavy atom. The molecule has 2 fully saturated rings. The van der Waals surface area contributed by atoms with Gasteiger partial charge in [0, 0.05) is 0 Å². The maximum absolute atomic E-state index is 4.65. The van der Waals surface area contributed by atoms with Crippen LogP contribution in [0, 0.1) is 17.3 Å². The van der Waals surface area contributed by atoms with Crippen LogP contribution in [0.25, 0.3) is 0 Å². The first-order valence-corrected chi connectivity index (χ1v) is 7.68. The average molecular weight is 250 g/mol. The van der Waals surface area contributed by atoms with Crippen LogP contribution in [0.15, 0.2) is 24.3 Å². The Hall–Kier alpha value is -0.170. The molecule has 3 atom stereocenters. The second-order valence-corrected chi connectivity index (χ2v) is 6.63. The molecule has 96 valence electrons. The van der Waals surface area contributed by atoms with Crippen LogP contribution in [0.4, 0.5) is 0 Å². The lowest BCUT2D eigenvalue weighted by atomic mass is 9.68. The van der Waals surface area contributed by atoms with Gasteiger partial charge in [0.2, 0.25) is 0 Å². The van der Waals surface area contributed by atoms with Crippen molar-refractivity contribution < 1.29 is 0 Å². The van der Waals surface area contributed by atoms with Gasteiger partial charge in [-0.1, -0.05) is 44.1 Å². The molecule has 2 aliphatic carbocycles. The summed E-state index contributed by atoms with van der Waals surface area (Å²) in [5.74, 6) is 2.32. The second-order valence-electron chi connectivity index (χ2n) is 6.31. The number of hydrogen-bond donors (Lipinski definition) is 1. The van der Waals surface area contributed by atoms with E-state index < -0.39 is 0 Å². The molecule has 2 saturated carbocycles. The van der Waals surface area contributed by atoms with Gasteiger partial charge in [-0.05, 0) is 55.1 Å². The topological polar surface area (TPSA) is 0 Å². The first-order valence-electron chi connectivity index (χ1n) is 7.05. The third kappa shape index (κ3) is 2.50. The lowest BCUT2D eigenvalue weighted by Gasteiger charge is -2.39. The fourth-order valence-electron chi connectivity index (χ4n) is 3.94. The van der Waals surface area contributed by atoms with Crippen molar-refractivity contribution in [3.05, 3.63) is 24.3 Å². The molecule has 0 aromatic rings. The molecular formula is C16H26S. The van der Waals surface area contributed by atoms with Crippen molar-refractivity contribution in [2.45, 2.75) is 51.9 Å². The quantitative estimate of drug-likeness (QED) is 0.490. The Kier molecular flexibility index (Phi) is 4.07. The molecule has 0 spiro atoms. The van der Waals surface area contributed by atoms with Crippen LogP contribution in [-0.2, 0) is 0 Å². The molecule has 3 unspecified atom stereocenters. The molecule has 1 heteroatoms. The average Bonchev–Trinajstić information content (AvgIpc) is 2.71. The van der Waals surface area contributed by atoms with Crippen LogP contribution in [0.2, 0.25) is 0 Å². The highest BCUT2D eigenvalue weighted by molar-refractivity contribution is 7.80. The van der Waals surface area contributed by atoms with E-state index in [9.17, 15) is 0 Å². The zero-order valence-corrected chi connectivity index (χ0v) is 12.1. The molecule has 0 saturated heterocycles. The Balaban J connectivity index is 2.31. The molecule has 0 aromatic carbocycles. The number of fused-ring (bicyclic) bond motifs is 1. The standard InChI is InChI=1S/C16H26S/c1-12-7-5-4-6-10-16(3,11-17)15-13(2)8-9-14(12)15/h14-15,17H,1-2,4-11H2,3H3. The largest absolute Gasteiger partial charge is 0.179 e. The van der Waals surface area contributed by atoms with Crippen molar-refractivity contribution in [3.63, 3.8) is 0 Å². The van der Waals surface area contributed by atoms with Crippen LogP contribution >= 0.6 is 12.6 Å². The smallest absolute Gasteiger partial charge is 0.00379 e. The first-order chi connectivity index (χ1) is 8.08. The first kappa shape index (κ1) is 13.3. The van der Waals surface area contributed by atoms with Crippen molar-refractivity contribution in [3.8, 4) is 0 Å². The maximum atomic E-state index is 4.65. The minimum atomic E-state index is 0.342. The third-order valence-electron chi connectivity index (χ3n) is 5.00. The highest BCUT2D eigenvalue weighted by Crippen LogP contribution is 2.53. The van der Waals surface area contributed by atoms with Gasteiger partial charge in [-0.3, -0.25) is 0 Å². The van der Waals surface area contributed by atoms with Gasteiger partial charge < -0.3 is 0 Å². The van der Waals surface area contributed by atoms with E-state index in [1.54, 1.807) is 0 Å². The van der Waals surface area contributed by atoms with Gasteiger partial charge in [-0.15, -0.1) is 0 Å². The molecule has 0 heterocycles. The summed E-state index contributed by atoms with van der Waals surface area (Å²) >= 11 is 4.65. The predicted molar refractivity (Wildman–Crippen MR) is 79.5 cm³/mol. The number of rotatable bonds is 1. The van der Waals surface area contributed by atoms with Gasteiger partial charge in [0.05, 0.1) is 0 Å². The van der Waals surface area contributed by atoms with E-state index in [1.807, 2.05) is 0 Å². The maximum Gasteiger partial charge on any atom is -0.00379 e. The molecule has 17 heavy (non-hydrogen) atoms. The number of thiol groups is 1. The number of hydrogen-bond acceptors (Lipinski definition) is 1. The van der Waals surface area contributed by atoms with Crippen molar-refractivity contribution in [1.82, 2.24) is 0 Å². The molecule has 0 aliphatic heterocycles. The molecule has 0 N–H and O–H groups in total. The SMILES string of the molecule is C=C1CCCCCC(C)(CS)C2C(=C)CCC12. The summed E-state index contributed by atoms with van der Waals surface area (Å²) in [4.78, 5) is 0. The highest BCUT2D eigenvalue weighted by Gasteiger charge is 2.43.